The highest BCUT2D eigenvalue weighted by Gasteiger charge is 1.93. The summed E-state index contributed by atoms with van der Waals surface area (Å²) in [5, 5.41) is 4.09. The summed E-state index contributed by atoms with van der Waals surface area (Å²) in [5.41, 5.74) is 2.18. The van der Waals surface area contributed by atoms with E-state index in [9.17, 15) is 0 Å². The molecule has 0 unspecified atom stereocenters. The summed E-state index contributed by atoms with van der Waals surface area (Å²) in [4.78, 5) is 0. The fourth-order valence-electron chi connectivity index (χ4n) is 1.04. The van der Waals surface area contributed by atoms with Gasteiger partial charge < -0.3 is 0 Å². The van der Waals surface area contributed by atoms with Gasteiger partial charge in [-0.05, 0) is 17.7 Å². The molecule has 0 aromatic carbocycles. The SMILES string of the molecule is ClCc1ccc2ccnn2c1. The molecule has 0 bridgehead atoms. The Balaban J connectivity index is 2.67. The Morgan fingerprint density at radius 1 is 1.36 bits per heavy atom. The lowest BCUT2D eigenvalue weighted by atomic mass is 10.3. The maximum absolute atomic E-state index is 5.65. The third-order valence-electron chi connectivity index (χ3n) is 1.61. The molecule has 2 heterocycles. The van der Waals surface area contributed by atoms with Gasteiger partial charge in [0.25, 0.3) is 0 Å². The summed E-state index contributed by atoms with van der Waals surface area (Å²) in [5.74, 6) is 0.538. The predicted octanol–water partition coefficient (Wildman–Crippen LogP) is 2.07. The van der Waals surface area contributed by atoms with E-state index in [1.165, 1.54) is 0 Å². The molecule has 0 fully saturated rings. The van der Waals surface area contributed by atoms with Gasteiger partial charge >= 0.3 is 0 Å². The summed E-state index contributed by atoms with van der Waals surface area (Å²) in [6.07, 6.45) is 3.70. The van der Waals surface area contributed by atoms with E-state index in [0.717, 1.165) is 11.1 Å². The molecular formula is C8H7ClN2. The van der Waals surface area contributed by atoms with Crippen molar-refractivity contribution in [3.63, 3.8) is 0 Å². The van der Waals surface area contributed by atoms with Crippen molar-refractivity contribution in [3.05, 3.63) is 36.2 Å². The lowest BCUT2D eigenvalue weighted by molar-refractivity contribution is 0.949. The van der Waals surface area contributed by atoms with Crippen LogP contribution in [0.1, 0.15) is 5.56 Å². The number of pyridine rings is 1. The first-order chi connectivity index (χ1) is 5.40. The second kappa shape index (κ2) is 2.55. The topological polar surface area (TPSA) is 17.3 Å². The van der Waals surface area contributed by atoms with Crippen LogP contribution in [-0.4, -0.2) is 9.61 Å². The number of fused-ring (bicyclic) bond motifs is 1. The van der Waals surface area contributed by atoms with E-state index in [1.807, 2.05) is 28.9 Å². The molecule has 2 aromatic rings. The lowest BCUT2D eigenvalue weighted by Gasteiger charge is -1.95. The van der Waals surface area contributed by atoms with Gasteiger partial charge in [0, 0.05) is 18.3 Å². The number of hydrogen-bond donors (Lipinski definition) is 0. The Kier molecular flexibility index (Phi) is 1.55. The fourth-order valence-corrected chi connectivity index (χ4v) is 1.19. The molecule has 3 heteroatoms. The third-order valence-corrected chi connectivity index (χ3v) is 1.92. The van der Waals surface area contributed by atoms with Crippen molar-refractivity contribution >= 4 is 17.1 Å². The minimum absolute atomic E-state index is 0.538. The van der Waals surface area contributed by atoms with Gasteiger partial charge in [-0.15, -0.1) is 11.6 Å². The zero-order valence-electron chi connectivity index (χ0n) is 5.87. The van der Waals surface area contributed by atoms with E-state index in [1.54, 1.807) is 6.20 Å². The first-order valence-corrected chi connectivity index (χ1v) is 3.92. The summed E-state index contributed by atoms with van der Waals surface area (Å²) < 4.78 is 1.82. The van der Waals surface area contributed by atoms with Crippen LogP contribution in [-0.2, 0) is 5.88 Å². The summed E-state index contributed by atoms with van der Waals surface area (Å²) >= 11 is 5.65. The molecule has 0 aliphatic heterocycles. The van der Waals surface area contributed by atoms with Crippen LogP contribution in [0.3, 0.4) is 0 Å². The second-order valence-corrected chi connectivity index (χ2v) is 2.64. The Labute approximate surface area is 69.4 Å². The third kappa shape index (κ3) is 1.10. The second-order valence-electron chi connectivity index (χ2n) is 2.37. The molecule has 2 rings (SSSR count). The Hall–Kier alpha value is -1.02. The molecule has 0 spiro atoms. The van der Waals surface area contributed by atoms with Crippen molar-refractivity contribution in [1.29, 1.82) is 0 Å². The number of rotatable bonds is 1. The molecule has 11 heavy (non-hydrogen) atoms. The Bertz CT molecular complexity index is 367. The van der Waals surface area contributed by atoms with E-state index >= 15 is 0 Å². The van der Waals surface area contributed by atoms with Gasteiger partial charge in [0.1, 0.15) is 0 Å². The van der Waals surface area contributed by atoms with Crippen LogP contribution in [0.4, 0.5) is 0 Å². The van der Waals surface area contributed by atoms with Gasteiger partial charge in [-0.25, -0.2) is 4.52 Å². The van der Waals surface area contributed by atoms with E-state index in [0.29, 0.717) is 5.88 Å². The highest BCUT2D eigenvalue weighted by Crippen LogP contribution is 2.06. The number of alkyl halides is 1. The van der Waals surface area contributed by atoms with Gasteiger partial charge in [-0.3, -0.25) is 0 Å². The molecule has 0 aliphatic carbocycles. The molecule has 0 atom stereocenters. The molecular weight excluding hydrogens is 160 g/mol. The van der Waals surface area contributed by atoms with E-state index < -0.39 is 0 Å². The van der Waals surface area contributed by atoms with Crippen molar-refractivity contribution in [3.8, 4) is 0 Å². The molecule has 0 N–H and O–H groups in total. The molecule has 0 saturated heterocycles. The summed E-state index contributed by atoms with van der Waals surface area (Å²) in [6.45, 7) is 0. The highest BCUT2D eigenvalue weighted by atomic mass is 35.5. The van der Waals surface area contributed by atoms with Gasteiger partial charge in [0.05, 0.1) is 5.52 Å². The zero-order chi connectivity index (χ0) is 7.68. The quantitative estimate of drug-likeness (QED) is 0.593. The van der Waals surface area contributed by atoms with Crippen LogP contribution in [0.5, 0.6) is 0 Å². The first-order valence-electron chi connectivity index (χ1n) is 3.38. The number of aromatic nitrogens is 2. The maximum atomic E-state index is 5.65. The van der Waals surface area contributed by atoms with E-state index in [4.69, 9.17) is 11.6 Å². The van der Waals surface area contributed by atoms with E-state index in [2.05, 4.69) is 5.10 Å². The van der Waals surface area contributed by atoms with Crippen LogP contribution >= 0.6 is 11.6 Å². The number of hydrogen-bond acceptors (Lipinski definition) is 1. The van der Waals surface area contributed by atoms with Crippen LogP contribution in [0, 0.1) is 0 Å². The van der Waals surface area contributed by atoms with Crippen LogP contribution in [0.25, 0.3) is 5.52 Å². The summed E-state index contributed by atoms with van der Waals surface area (Å²) in [7, 11) is 0. The minimum atomic E-state index is 0.538. The first kappa shape index (κ1) is 6.68. The highest BCUT2D eigenvalue weighted by molar-refractivity contribution is 6.17. The molecule has 0 amide bonds. The van der Waals surface area contributed by atoms with Gasteiger partial charge in [0.15, 0.2) is 0 Å². The van der Waals surface area contributed by atoms with Crippen molar-refractivity contribution < 1.29 is 0 Å². The summed E-state index contributed by atoms with van der Waals surface area (Å²) in [6, 6.07) is 5.97. The van der Waals surface area contributed by atoms with Gasteiger partial charge in [-0.2, -0.15) is 5.10 Å². The molecule has 56 valence electrons. The monoisotopic (exact) mass is 166 g/mol. The molecule has 0 saturated carbocycles. The minimum Gasteiger partial charge on any atom is -0.241 e. The van der Waals surface area contributed by atoms with Crippen molar-refractivity contribution in [2.24, 2.45) is 0 Å². The smallest absolute Gasteiger partial charge is 0.0661 e. The van der Waals surface area contributed by atoms with Crippen molar-refractivity contribution in [2.75, 3.05) is 0 Å². The van der Waals surface area contributed by atoms with Crippen molar-refractivity contribution in [2.45, 2.75) is 5.88 Å². The lowest BCUT2D eigenvalue weighted by Crippen LogP contribution is -1.88. The molecule has 0 radical (unpaired) electrons. The largest absolute Gasteiger partial charge is 0.241 e. The Morgan fingerprint density at radius 3 is 3.09 bits per heavy atom. The van der Waals surface area contributed by atoms with Crippen LogP contribution < -0.4 is 0 Å². The molecule has 2 nitrogen and oxygen atoms in total. The van der Waals surface area contributed by atoms with Gasteiger partial charge in [-0.1, -0.05) is 6.07 Å². The normalized spacial score (nSPS) is 10.6. The average molecular weight is 167 g/mol. The standard InChI is InChI=1S/C8H7ClN2/c9-5-7-1-2-8-3-4-10-11(8)6-7/h1-4,6H,5H2. The van der Waals surface area contributed by atoms with Crippen LogP contribution in [0.15, 0.2) is 30.6 Å². The molecule has 2 aromatic heterocycles. The van der Waals surface area contributed by atoms with Crippen molar-refractivity contribution in [1.82, 2.24) is 9.61 Å². The van der Waals surface area contributed by atoms with E-state index in [-0.39, 0.29) is 0 Å². The zero-order valence-corrected chi connectivity index (χ0v) is 6.62. The maximum Gasteiger partial charge on any atom is 0.0661 e. The Morgan fingerprint density at radius 2 is 2.27 bits per heavy atom. The van der Waals surface area contributed by atoms with Gasteiger partial charge in [0.2, 0.25) is 0 Å². The molecule has 0 aliphatic rings. The van der Waals surface area contributed by atoms with Crippen LogP contribution in [0.2, 0.25) is 0 Å². The fraction of sp³-hybridized carbons (Fsp3) is 0.125. The average Bonchev–Trinajstić information content (AvgIpc) is 2.50. The number of halogens is 1. The number of nitrogens with zero attached hydrogens (tertiary/aromatic N) is 2. The predicted molar refractivity (Wildman–Crippen MR) is 44.7 cm³/mol.